The molecule has 0 aromatic heterocycles. The lowest BCUT2D eigenvalue weighted by Crippen LogP contribution is -2.31. The topological polar surface area (TPSA) is 55.6 Å². The summed E-state index contributed by atoms with van der Waals surface area (Å²) in [5, 5.41) is 2.08. The smallest absolute Gasteiger partial charge is 0.252 e. The second-order valence-electron chi connectivity index (χ2n) is 7.16. The molecular formula is C22H30N2O2. The molecular weight excluding hydrogens is 324 g/mol. The lowest BCUT2D eigenvalue weighted by atomic mass is 9.93. The maximum atomic E-state index is 12.4. The van der Waals surface area contributed by atoms with Crippen molar-refractivity contribution in [2.24, 2.45) is 5.73 Å². The Labute approximate surface area is 156 Å². The highest BCUT2D eigenvalue weighted by atomic mass is 16.5. The summed E-state index contributed by atoms with van der Waals surface area (Å²) in [6.07, 6.45) is 5.25. The van der Waals surface area contributed by atoms with Crippen molar-refractivity contribution in [3.05, 3.63) is 41.5 Å². The molecule has 3 rings (SSSR count). The van der Waals surface area contributed by atoms with E-state index in [1.54, 1.807) is 0 Å². The van der Waals surface area contributed by atoms with Crippen LogP contribution in [0.15, 0.2) is 30.3 Å². The molecule has 1 amide bonds. The van der Waals surface area contributed by atoms with Crippen molar-refractivity contribution in [3.63, 3.8) is 0 Å². The Balaban J connectivity index is 2.06. The summed E-state index contributed by atoms with van der Waals surface area (Å²) in [5.74, 6) is 0.276. The van der Waals surface area contributed by atoms with Crippen LogP contribution < -0.4 is 10.5 Å². The van der Waals surface area contributed by atoms with Crippen LogP contribution in [0.4, 0.5) is 0 Å². The Morgan fingerprint density at radius 3 is 2.85 bits per heavy atom. The number of hydrogen-bond donors (Lipinski definition) is 1. The van der Waals surface area contributed by atoms with E-state index in [1.807, 2.05) is 18.2 Å². The third kappa shape index (κ3) is 3.85. The molecule has 1 saturated heterocycles. The van der Waals surface area contributed by atoms with Gasteiger partial charge in [0.2, 0.25) is 0 Å². The molecule has 1 unspecified atom stereocenters. The van der Waals surface area contributed by atoms with Gasteiger partial charge < -0.3 is 15.4 Å². The normalized spacial score (nSPS) is 17.7. The van der Waals surface area contributed by atoms with Gasteiger partial charge in [0.1, 0.15) is 5.75 Å². The number of carbonyl (C=O) groups is 1. The third-order valence-electron chi connectivity index (χ3n) is 5.43. The predicted octanol–water partition coefficient (Wildman–Crippen LogP) is 4.14. The molecule has 2 aromatic rings. The number of nitrogens with two attached hydrogens (primary N) is 1. The molecule has 4 heteroatoms. The van der Waals surface area contributed by atoms with Crippen molar-refractivity contribution in [2.45, 2.75) is 52.0 Å². The number of fused-ring (bicyclic) bond motifs is 1. The zero-order valence-electron chi connectivity index (χ0n) is 16.0. The Hall–Kier alpha value is -2.07. The van der Waals surface area contributed by atoms with E-state index >= 15 is 0 Å². The first kappa shape index (κ1) is 18.7. The number of carbonyl (C=O) groups excluding carboxylic acids is 1. The molecule has 1 aliphatic rings. The van der Waals surface area contributed by atoms with E-state index < -0.39 is 5.91 Å². The zero-order valence-corrected chi connectivity index (χ0v) is 16.0. The monoisotopic (exact) mass is 354 g/mol. The molecule has 0 saturated carbocycles. The number of hydrogen-bond acceptors (Lipinski definition) is 3. The SMILES string of the molecule is CCCCOc1c(C(N)=O)c(CC2CCCN2CC)cc2ccccc12. The fourth-order valence-corrected chi connectivity index (χ4v) is 4.07. The number of benzene rings is 2. The number of amides is 1. The standard InChI is InChI=1S/C22H30N2O2/c1-3-5-13-26-21-19-11-7-6-9-16(19)14-17(20(21)22(23)25)15-18-10-8-12-24(18)4-2/h6-7,9,11,14,18H,3-5,8,10,12-13,15H2,1-2H3,(H2,23,25). The first-order chi connectivity index (χ1) is 12.7. The summed E-state index contributed by atoms with van der Waals surface area (Å²) in [6, 6.07) is 10.7. The van der Waals surface area contributed by atoms with Crippen LogP contribution >= 0.6 is 0 Å². The Morgan fingerprint density at radius 1 is 1.31 bits per heavy atom. The third-order valence-corrected chi connectivity index (χ3v) is 5.43. The first-order valence-electron chi connectivity index (χ1n) is 9.87. The van der Waals surface area contributed by atoms with Crippen molar-refractivity contribution in [1.82, 2.24) is 4.90 Å². The van der Waals surface area contributed by atoms with E-state index in [1.165, 1.54) is 12.8 Å². The van der Waals surface area contributed by atoms with E-state index in [0.717, 1.165) is 48.7 Å². The molecule has 0 spiro atoms. The van der Waals surface area contributed by atoms with Crippen molar-refractivity contribution in [1.29, 1.82) is 0 Å². The number of rotatable bonds is 8. The van der Waals surface area contributed by atoms with E-state index in [2.05, 4.69) is 30.9 Å². The molecule has 1 fully saturated rings. The van der Waals surface area contributed by atoms with Gasteiger partial charge in [-0.15, -0.1) is 0 Å². The van der Waals surface area contributed by atoms with E-state index in [4.69, 9.17) is 10.5 Å². The number of likely N-dealkylation sites (tertiary alicyclic amines) is 1. The molecule has 1 heterocycles. The summed E-state index contributed by atoms with van der Waals surface area (Å²) in [7, 11) is 0. The highest BCUT2D eigenvalue weighted by molar-refractivity contribution is 6.04. The van der Waals surface area contributed by atoms with Gasteiger partial charge in [-0.2, -0.15) is 0 Å². The van der Waals surface area contributed by atoms with E-state index in [0.29, 0.717) is 24.0 Å². The highest BCUT2D eigenvalue weighted by Crippen LogP contribution is 2.35. The minimum Gasteiger partial charge on any atom is -0.492 e. The molecule has 0 radical (unpaired) electrons. The number of primary amides is 1. The quantitative estimate of drug-likeness (QED) is 0.725. The number of nitrogens with zero attached hydrogens (tertiary/aromatic N) is 1. The van der Waals surface area contributed by atoms with Gasteiger partial charge in [-0.1, -0.05) is 50.6 Å². The van der Waals surface area contributed by atoms with Gasteiger partial charge in [0.05, 0.1) is 12.2 Å². The number of ether oxygens (including phenoxy) is 1. The van der Waals surface area contributed by atoms with Crippen molar-refractivity contribution < 1.29 is 9.53 Å². The van der Waals surface area contributed by atoms with Crippen molar-refractivity contribution in [2.75, 3.05) is 19.7 Å². The molecule has 0 bridgehead atoms. The lowest BCUT2D eigenvalue weighted by Gasteiger charge is -2.24. The van der Waals surface area contributed by atoms with Gasteiger partial charge >= 0.3 is 0 Å². The van der Waals surface area contributed by atoms with Crippen LogP contribution in [0.2, 0.25) is 0 Å². The van der Waals surface area contributed by atoms with Crippen molar-refractivity contribution in [3.8, 4) is 5.75 Å². The van der Waals surface area contributed by atoms with Gasteiger partial charge in [-0.3, -0.25) is 4.79 Å². The molecule has 2 N–H and O–H groups in total. The van der Waals surface area contributed by atoms with Gasteiger partial charge in [0, 0.05) is 11.4 Å². The van der Waals surface area contributed by atoms with E-state index in [9.17, 15) is 4.79 Å². The van der Waals surface area contributed by atoms with Crippen LogP contribution in [0.5, 0.6) is 5.75 Å². The fraction of sp³-hybridized carbons (Fsp3) is 0.500. The van der Waals surface area contributed by atoms with Gasteiger partial charge in [0.15, 0.2) is 0 Å². The van der Waals surface area contributed by atoms with Crippen LogP contribution in [-0.4, -0.2) is 36.5 Å². The van der Waals surface area contributed by atoms with Crippen LogP contribution in [0.25, 0.3) is 10.8 Å². The molecule has 1 aliphatic heterocycles. The van der Waals surface area contributed by atoms with Crippen LogP contribution in [-0.2, 0) is 6.42 Å². The average Bonchev–Trinajstić information content (AvgIpc) is 3.08. The molecule has 140 valence electrons. The van der Waals surface area contributed by atoms with Gasteiger partial charge in [0.25, 0.3) is 5.91 Å². The van der Waals surface area contributed by atoms with Crippen LogP contribution in [0, 0.1) is 0 Å². The maximum absolute atomic E-state index is 12.4. The molecule has 1 atom stereocenters. The zero-order chi connectivity index (χ0) is 18.5. The Kier molecular flexibility index (Phi) is 6.15. The maximum Gasteiger partial charge on any atom is 0.252 e. The second-order valence-corrected chi connectivity index (χ2v) is 7.16. The van der Waals surface area contributed by atoms with Crippen LogP contribution in [0.1, 0.15) is 55.5 Å². The summed E-state index contributed by atoms with van der Waals surface area (Å²) < 4.78 is 6.10. The van der Waals surface area contributed by atoms with Gasteiger partial charge in [-0.05, 0) is 49.7 Å². The Bertz CT molecular complexity index is 772. The molecule has 2 aromatic carbocycles. The van der Waals surface area contributed by atoms with Crippen molar-refractivity contribution >= 4 is 16.7 Å². The van der Waals surface area contributed by atoms with Crippen LogP contribution in [0.3, 0.4) is 0 Å². The summed E-state index contributed by atoms with van der Waals surface area (Å²) in [6.45, 7) is 7.12. The average molecular weight is 354 g/mol. The fourth-order valence-electron chi connectivity index (χ4n) is 4.07. The Morgan fingerprint density at radius 2 is 2.12 bits per heavy atom. The van der Waals surface area contributed by atoms with E-state index in [-0.39, 0.29) is 0 Å². The molecule has 4 nitrogen and oxygen atoms in total. The first-order valence-corrected chi connectivity index (χ1v) is 9.87. The largest absolute Gasteiger partial charge is 0.492 e. The summed E-state index contributed by atoms with van der Waals surface area (Å²) >= 11 is 0. The molecule has 26 heavy (non-hydrogen) atoms. The minimum absolute atomic E-state index is 0.390. The number of likely N-dealkylation sites (N-methyl/N-ethyl adjacent to an activating group) is 1. The highest BCUT2D eigenvalue weighted by Gasteiger charge is 2.27. The summed E-state index contributed by atoms with van der Waals surface area (Å²) in [4.78, 5) is 14.9. The second kappa shape index (κ2) is 8.54. The summed E-state index contributed by atoms with van der Waals surface area (Å²) in [5.41, 5.74) is 7.41. The number of unbranched alkanes of at least 4 members (excludes halogenated alkanes) is 1. The minimum atomic E-state index is -0.390. The van der Waals surface area contributed by atoms with Gasteiger partial charge in [-0.25, -0.2) is 0 Å². The lowest BCUT2D eigenvalue weighted by molar-refractivity contribution is 0.0995. The molecule has 0 aliphatic carbocycles. The predicted molar refractivity (Wildman–Crippen MR) is 107 cm³/mol.